The SMILES string of the molecule is COc1cc(F)ccc1-c1ccc2c3c1CN(c1ccccc1)C3=CC(C)(C)N2. The molecule has 3 aromatic carbocycles. The number of benzene rings is 3. The smallest absolute Gasteiger partial charge is 0.129 e. The van der Waals surface area contributed by atoms with Gasteiger partial charge in [0.05, 0.1) is 12.6 Å². The lowest BCUT2D eigenvalue weighted by Crippen LogP contribution is -2.33. The molecule has 4 heteroatoms. The van der Waals surface area contributed by atoms with Crippen LogP contribution in [0.25, 0.3) is 16.8 Å². The van der Waals surface area contributed by atoms with E-state index in [1.54, 1.807) is 13.2 Å². The largest absolute Gasteiger partial charge is 0.496 e. The molecular formula is C25H23FN2O. The average molecular weight is 386 g/mol. The number of hydrogen-bond donors (Lipinski definition) is 1. The molecule has 2 aliphatic rings. The van der Waals surface area contributed by atoms with Crippen molar-refractivity contribution in [2.75, 3.05) is 17.3 Å². The van der Waals surface area contributed by atoms with E-state index >= 15 is 0 Å². The Morgan fingerprint density at radius 2 is 1.76 bits per heavy atom. The zero-order valence-electron chi connectivity index (χ0n) is 16.8. The third kappa shape index (κ3) is 2.87. The molecule has 3 aromatic rings. The van der Waals surface area contributed by atoms with Gasteiger partial charge in [-0.25, -0.2) is 4.39 Å². The summed E-state index contributed by atoms with van der Waals surface area (Å²) in [6, 6.07) is 19.4. The second-order valence-corrected chi connectivity index (χ2v) is 8.16. The topological polar surface area (TPSA) is 24.5 Å². The minimum Gasteiger partial charge on any atom is -0.496 e. The minimum atomic E-state index is -0.296. The van der Waals surface area contributed by atoms with Crippen molar-refractivity contribution < 1.29 is 9.13 Å². The molecular weight excluding hydrogens is 363 g/mol. The van der Waals surface area contributed by atoms with Crippen molar-refractivity contribution in [3.05, 3.63) is 83.7 Å². The zero-order valence-corrected chi connectivity index (χ0v) is 16.8. The molecule has 2 heterocycles. The first-order chi connectivity index (χ1) is 14.0. The van der Waals surface area contributed by atoms with Gasteiger partial charge in [0.2, 0.25) is 0 Å². The summed E-state index contributed by atoms with van der Waals surface area (Å²) in [5, 5.41) is 3.64. The molecule has 1 N–H and O–H groups in total. The third-order valence-electron chi connectivity index (χ3n) is 5.65. The standard InChI is InChI=1S/C25H23FN2O/c1-25(2)14-22-24-20(15-28(22)17-7-5-4-6-8-17)18(11-12-21(24)27-25)19-10-9-16(26)13-23(19)29-3/h4-14,27H,15H2,1-3H3. The number of rotatable bonds is 3. The molecule has 3 nitrogen and oxygen atoms in total. The molecule has 29 heavy (non-hydrogen) atoms. The van der Waals surface area contributed by atoms with Crippen LogP contribution in [0.15, 0.2) is 66.7 Å². The highest BCUT2D eigenvalue weighted by atomic mass is 19.1. The summed E-state index contributed by atoms with van der Waals surface area (Å²) in [7, 11) is 1.58. The van der Waals surface area contributed by atoms with Crippen molar-refractivity contribution in [2.24, 2.45) is 0 Å². The number of nitrogens with one attached hydrogen (secondary N) is 1. The molecule has 0 saturated heterocycles. The molecule has 0 atom stereocenters. The molecule has 0 saturated carbocycles. The van der Waals surface area contributed by atoms with Crippen LogP contribution < -0.4 is 15.0 Å². The summed E-state index contributed by atoms with van der Waals surface area (Å²) in [5.74, 6) is 0.254. The van der Waals surface area contributed by atoms with Gasteiger partial charge in [-0.05, 0) is 61.4 Å². The van der Waals surface area contributed by atoms with Gasteiger partial charge in [0, 0.05) is 40.8 Å². The Morgan fingerprint density at radius 1 is 1.00 bits per heavy atom. The van der Waals surface area contributed by atoms with Crippen LogP contribution >= 0.6 is 0 Å². The van der Waals surface area contributed by atoms with Crippen LogP contribution in [0.2, 0.25) is 0 Å². The van der Waals surface area contributed by atoms with Crippen molar-refractivity contribution in [1.82, 2.24) is 0 Å². The van der Waals surface area contributed by atoms with Gasteiger partial charge in [-0.2, -0.15) is 0 Å². The van der Waals surface area contributed by atoms with Crippen LogP contribution in [0.3, 0.4) is 0 Å². The average Bonchev–Trinajstić information content (AvgIpc) is 3.08. The Hall–Kier alpha value is -3.27. The maximum Gasteiger partial charge on any atom is 0.129 e. The van der Waals surface area contributed by atoms with Crippen LogP contribution in [0.4, 0.5) is 15.8 Å². The van der Waals surface area contributed by atoms with E-state index in [1.807, 2.05) is 6.07 Å². The Kier molecular flexibility index (Phi) is 3.91. The lowest BCUT2D eigenvalue weighted by atomic mass is 9.89. The third-order valence-corrected chi connectivity index (χ3v) is 5.65. The minimum absolute atomic E-state index is 0.147. The number of para-hydroxylation sites is 1. The van der Waals surface area contributed by atoms with Gasteiger partial charge < -0.3 is 15.0 Å². The molecule has 0 fully saturated rings. The van der Waals surface area contributed by atoms with Crippen LogP contribution in [-0.2, 0) is 6.54 Å². The molecule has 2 aliphatic heterocycles. The maximum absolute atomic E-state index is 13.8. The maximum atomic E-state index is 13.8. The number of methoxy groups -OCH3 is 1. The first kappa shape index (κ1) is 17.8. The highest BCUT2D eigenvalue weighted by molar-refractivity contribution is 5.97. The van der Waals surface area contributed by atoms with E-state index in [1.165, 1.54) is 29.0 Å². The van der Waals surface area contributed by atoms with E-state index in [2.05, 4.69) is 66.5 Å². The van der Waals surface area contributed by atoms with E-state index in [0.717, 1.165) is 29.0 Å². The van der Waals surface area contributed by atoms with E-state index in [9.17, 15) is 4.39 Å². The summed E-state index contributed by atoms with van der Waals surface area (Å²) in [5.41, 5.74) is 7.79. The number of halogens is 1. The molecule has 0 unspecified atom stereocenters. The van der Waals surface area contributed by atoms with Gasteiger partial charge in [-0.1, -0.05) is 24.3 Å². The van der Waals surface area contributed by atoms with Crippen molar-refractivity contribution in [2.45, 2.75) is 25.9 Å². The zero-order chi connectivity index (χ0) is 20.2. The molecule has 0 aromatic heterocycles. The summed E-state index contributed by atoms with van der Waals surface area (Å²) >= 11 is 0. The second kappa shape index (κ2) is 6.38. The summed E-state index contributed by atoms with van der Waals surface area (Å²) < 4.78 is 19.3. The number of ether oxygens (including phenoxy) is 1. The Labute approximate surface area is 170 Å². The Morgan fingerprint density at radius 3 is 2.52 bits per heavy atom. The fourth-order valence-corrected chi connectivity index (χ4v) is 4.44. The fraction of sp³-hybridized carbons (Fsp3) is 0.200. The quantitative estimate of drug-likeness (QED) is 0.591. The van der Waals surface area contributed by atoms with E-state index in [-0.39, 0.29) is 11.4 Å². The number of hydrogen-bond acceptors (Lipinski definition) is 3. The van der Waals surface area contributed by atoms with Gasteiger partial charge in [0.1, 0.15) is 11.6 Å². The molecule has 146 valence electrons. The first-order valence-electron chi connectivity index (χ1n) is 9.81. The lowest BCUT2D eigenvalue weighted by molar-refractivity contribution is 0.413. The molecule has 0 aliphatic carbocycles. The predicted molar refractivity (Wildman–Crippen MR) is 117 cm³/mol. The molecule has 5 rings (SSSR count). The highest BCUT2D eigenvalue weighted by Gasteiger charge is 2.36. The number of nitrogens with zero attached hydrogens (tertiary/aromatic N) is 1. The summed E-state index contributed by atoms with van der Waals surface area (Å²) in [6.07, 6.45) is 2.30. The Bertz CT molecular complexity index is 1140. The Balaban J connectivity index is 1.73. The van der Waals surface area contributed by atoms with Crippen LogP contribution in [0.5, 0.6) is 5.75 Å². The second-order valence-electron chi connectivity index (χ2n) is 8.16. The lowest BCUT2D eigenvalue weighted by Gasteiger charge is -2.33. The van der Waals surface area contributed by atoms with Crippen LogP contribution in [0.1, 0.15) is 25.0 Å². The van der Waals surface area contributed by atoms with Gasteiger partial charge in [0.15, 0.2) is 0 Å². The van der Waals surface area contributed by atoms with Crippen molar-refractivity contribution >= 4 is 17.1 Å². The van der Waals surface area contributed by atoms with Gasteiger partial charge in [0.25, 0.3) is 0 Å². The van der Waals surface area contributed by atoms with Gasteiger partial charge >= 0.3 is 0 Å². The summed E-state index contributed by atoms with van der Waals surface area (Å²) in [4.78, 5) is 2.36. The van der Waals surface area contributed by atoms with Gasteiger partial charge in [-0.3, -0.25) is 0 Å². The summed E-state index contributed by atoms with van der Waals surface area (Å²) in [6.45, 7) is 5.12. The molecule has 0 bridgehead atoms. The van der Waals surface area contributed by atoms with Crippen molar-refractivity contribution in [3.63, 3.8) is 0 Å². The van der Waals surface area contributed by atoms with E-state index in [4.69, 9.17) is 4.74 Å². The van der Waals surface area contributed by atoms with E-state index < -0.39 is 0 Å². The van der Waals surface area contributed by atoms with Crippen molar-refractivity contribution in [3.8, 4) is 16.9 Å². The molecule has 0 spiro atoms. The predicted octanol–water partition coefficient (Wildman–Crippen LogP) is 6.07. The number of anilines is 2. The van der Waals surface area contributed by atoms with Crippen LogP contribution in [0, 0.1) is 5.82 Å². The monoisotopic (exact) mass is 386 g/mol. The van der Waals surface area contributed by atoms with Crippen LogP contribution in [-0.4, -0.2) is 12.6 Å². The van der Waals surface area contributed by atoms with Gasteiger partial charge in [-0.15, -0.1) is 0 Å². The molecule has 0 amide bonds. The normalized spacial score (nSPS) is 16.1. The highest BCUT2D eigenvalue weighted by Crippen LogP contribution is 2.49. The van der Waals surface area contributed by atoms with Crippen molar-refractivity contribution in [1.29, 1.82) is 0 Å². The van der Waals surface area contributed by atoms with E-state index in [0.29, 0.717) is 5.75 Å². The molecule has 0 radical (unpaired) electrons. The fourth-order valence-electron chi connectivity index (χ4n) is 4.44. The first-order valence-corrected chi connectivity index (χ1v) is 9.81.